The van der Waals surface area contributed by atoms with Crippen LogP contribution >= 0.6 is 0 Å². The summed E-state index contributed by atoms with van der Waals surface area (Å²) in [7, 11) is 3.84. The van der Waals surface area contributed by atoms with Crippen molar-refractivity contribution >= 4 is 5.91 Å². The average molecular weight is 257 g/mol. The number of likely N-dealkylation sites (tertiary alicyclic amines) is 1. The highest BCUT2D eigenvalue weighted by molar-refractivity contribution is 5.77. The van der Waals surface area contributed by atoms with Crippen molar-refractivity contribution in [1.82, 2.24) is 15.5 Å². The van der Waals surface area contributed by atoms with E-state index >= 15 is 0 Å². The van der Waals surface area contributed by atoms with Gasteiger partial charge in [0.15, 0.2) is 0 Å². The quantitative estimate of drug-likeness (QED) is 0.604. The van der Waals surface area contributed by atoms with Crippen LogP contribution in [0.3, 0.4) is 0 Å². The van der Waals surface area contributed by atoms with E-state index in [2.05, 4.69) is 22.6 Å². The van der Waals surface area contributed by atoms with E-state index in [-0.39, 0.29) is 5.91 Å². The summed E-state index contributed by atoms with van der Waals surface area (Å²) in [6.07, 6.45) is 3.34. The van der Waals surface area contributed by atoms with Gasteiger partial charge in [-0.05, 0) is 51.9 Å². The smallest absolute Gasteiger partial charge is 0.233 e. The second kappa shape index (κ2) is 9.30. The zero-order valence-electron chi connectivity index (χ0n) is 11.7. The number of carbonyl (C=O) groups excluding carboxylic acids is 1. The van der Waals surface area contributed by atoms with Gasteiger partial charge in [-0.2, -0.15) is 0 Å². The second-order valence-electron chi connectivity index (χ2n) is 5.07. The predicted octanol–water partition coefficient (Wildman–Crippen LogP) is 0.0705. The maximum Gasteiger partial charge on any atom is 0.233 e. The van der Waals surface area contributed by atoms with Gasteiger partial charge in [-0.1, -0.05) is 0 Å². The summed E-state index contributed by atoms with van der Waals surface area (Å²) in [6.45, 7) is 5.13. The van der Waals surface area contributed by atoms with Crippen LogP contribution in [0.5, 0.6) is 0 Å². The Morgan fingerprint density at radius 3 is 2.78 bits per heavy atom. The lowest BCUT2D eigenvalue weighted by atomic mass is 9.97. The van der Waals surface area contributed by atoms with Crippen LogP contribution in [0.2, 0.25) is 0 Å². The molecule has 0 spiro atoms. The third kappa shape index (κ3) is 6.93. The van der Waals surface area contributed by atoms with Gasteiger partial charge in [0.2, 0.25) is 5.91 Å². The summed E-state index contributed by atoms with van der Waals surface area (Å²) in [6, 6.07) is 0. The molecule has 18 heavy (non-hydrogen) atoms. The molecule has 1 fully saturated rings. The van der Waals surface area contributed by atoms with Gasteiger partial charge in [0.25, 0.3) is 0 Å². The van der Waals surface area contributed by atoms with Gasteiger partial charge < -0.3 is 20.3 Å². The van der Waals surface area contributed by atoms with Crippen LogP contribution in [0.15, 0.2) is 0 Å². The van der Waals surface area contributed by atoms with Gasteiger partial charge in [-0.25, -0.2) is 0 Å². The molecule has 1 heterocycles. The molecule has 1 aliphatic rings. The van der Waals surface area contributed by atoms with Gasteiger partial charge in [0.1, 0.15) is 0 Å². The van der Waals surface area contributed by atoms with Crippen LogP contribution in [0, 0.1) is 5.92 Å². The van der Waals surface area contributed by atoms with Crippen molar-refractivity contribution in [2.24, 2.45) is 5.92 Å². The van der Waals surface area contributed by atoms with Crippen LogP contribution in [0.25, 0.3) is 0 Å². The van der Waals surface area contributed by atoms with E-state index in [4.69, 9.17) is 4.74 Å². The third-order valence-electron chi connectivity index (χ3n) is 3.40. The highest BCUT2D eigenvalue weighted by atomic mass is 16.5. The number of nitrogens with zero attached hydrogens (tertiary/aromatic N) is 1. The van der Waals surface area contributed by atoms with Crippen molar-refractivity contribution in [3.05, 3.63) is 0 Å². The van der Waals surface area contributed by atoms with Gasteiger partial charge in [-0.15, -0.1) is 0 Å². The molecule has 1 amide bonds. The van der Waals surface area contributed by atoms with Crippen molar-refractivity contribution in [3.8, 4) is 0 Å². The molecule has 0 unspecified atom stereocenters. The maximum atomic E-state index is 11.5. The van der Waals surface area contributed by atoms with Crippen molar-refractivity contribution in [3.63, 3.8) is 0 Å². The van der Waals surface area contributed by atoms with Crippen molar-refractivity contribution in [2.45, 2.75) is 19.3 Å². The lowest BCUT2D eigenvalue weighted by molar-refractivity contribution is -0.120. The van der Waals surface area contributed by atoms with E-state index in [0.717, 1.165) is 18.9 Å². The van der Waals surface area contributed by atoms with Crippen molar-refractivity contribution in [2.75, 3.05) is 53.5 Å². The highest BCUT2D eigenvalue weighted by Crippen LogP contribution is 2.14. The Morgan fingerprint density at radius 2 is 2.11 bits per heavy atom. The predicted molar refractivity (Wildman–Crippen MR) is 72.6 cm³/mol. The standard InChI is InChI=1S/C13H27N3O2/c1-16-7-4-12(5-8-16)10-14-11-13(17)15-6-3-9-18-2/h12,14H,3-11H2,1-2H3,(H,15,17). The number of nitrogens with one attached hydrogen (secondary N) is 2. The van der Waals surface area contributed by atoms with E-state index in [9.17, 15) is 4.79 Å². The van der Waals surface area contributed by atoms with Gasteiger partial charge in [0, 0.05) is 20.3 Å². The van der Waals surface area contributed by atoms with E-state index < -0.39 is 0 Å². The summed E-state index contributed by atoms with van der Waals surface area (Å²) in [5.74, 6) is 0.807. The first-order valence-corrected chi connectivity index (χ1v) is 6.87. The van der Waals surface area contributed by atoms with E-state index in [1.54, 1.807) is 7.11 Å². The number of amides is 1. The molecule has 0 aromatic rings. The largest absolute Gasteiger partial charge is 0.385 e. The number of piperidine rings is 1. The molecule has 5 nitrogen and oxygen atoms in total. The van der Waals surface area contributed by atoms with Crippen LogP contribution in [-0.4, -0.2) is 64.3 Å². The molecule has 0 aromatic carbocycles. The molecule has 0 aliphatic carbocycles. The molecule has 0 bridgehead atoms. The monoisotopic (exact) mass is 257 g/mol. The Labute approximate surface area is 110 Å². The zero-order valence-corrected chi connectivity index (χ0v) is 11.7. The average Bonchev–Trinajstić information content (AvgIpc) is 2.37. The number of ether oxygens (including phenoxy) is 1. The van der Waals surface area contributed by atoms with Crippen molar-refractivity contribution < 1.29 is 9.53 Å². The molecule has 106 valence electrons. The molecule has 0 saturated carbocycles. The fourth-order valence-corrected chi connectivity index (χ4v) is 2.16. The minimum absolute atomic E-state index is 0.0824. The Bertz CT molecular complexity index is 228. The first-order valence-electron chi connectivity index (χ1n) is 6.87. The summed E-state index contributed by atoms with van der Waals surface area (Å²) in [5, 5.41) is 6.12. The van der Waals surface area contributed by atoms with Gasteiger partial charge in [-0.3, -0.25) is 4.79 Å². The SMILES string of the molecule is COCCCNC(=O)CNCC1CCN(C)CC1. The van der Waals surface area contributed by atoms with E-state index in [0.29, 0.717) is 19.7 Å². The van der Waals surface area contributed by atoms with Crippen LogP contribution in [0.4, 0.5) is 0 Å². The Morgan fingerprint density at radius 1 is 1.39 bits per heavy atom. The number of hydrogen-bond acceptors (Lipinski definition) is 4. The molecule has 0 atom stereocenters. The zero-order chi connectivity index (χ0) is 13.2. The van der Waals surface area contributed by atoms with Crippen LogP contribution < -0.4 is 10.6 Å². The van der Waals surface area contributed by atoms with E-state index in [1.165, 1.54) is 25.9 Å². The van der Waals surface area contributed by atoms with Crippen LogP contribution in [0.1, 0.15) is 19.3 Å². The second-order valence-corrected chi connectivity index (χ2v) is 5.07. The summed E-state index contributed by atoms with van der Waals surface area (Å²) in [5.41, 5.74) is 0. The van der Waals surface area contributed by atoms with E-state index in [1.807, 2.05) is 0 Å². The Kier molecular flexibility index (Phi) is 7.96. The first-order chi connectivity index (χ1) is 8.72. The van der Waals surface area contributed by atoms with Crippen molar-refractivity contribution in [1.29, 1.82) is 0 Å². The van der Waals surface area contributed by atoms with Crippen LogP contribution in [-0.2, 0) is 9.53 Å². The summed E-state index contributed by atoms with van der Waals surface area (Å²) < 4.78 is 4.92. The number of hydrogen-bond donors (Lipinski definition) is 2. The molecule has 1 aliphatic heterocycles. The van der Waals surface area contributed by atoms with Gasteiger partial charge >= 0.3 is 0 Å². The molecular weight excluding hydrogens is 230 g/mol. The molecular formula is C13H27N3O2. The summed E-state index contributed by atoms with van der Waals surface area (Å²) >= 11 is 0. The summed E-state index contributed by atoms with van der Waals surface area (Å²) in [4.78, 5) is 13.8. The minimum atomic E-state index is 0.0824. The Hall–Kier alpha value is -0.650. The highest BCUT2D eigenvalue weighted by Gasteiger charge is 2.16. The lowest BCUT2D eigenvalue weighted by Crippen LogP contribution is -2.39. The fraction of sp³-hybridized carbons (Fsp3) is 0.923. The fourth-order valence-electron chi connectivity index (χ4n) is 2.16. The molecule has 2 N–H and O–H groups in total. The minimum Gasteiger partial charge on any atom is -0.385 e. The number of methoxy groups -OCH3 is 1. The normalized spacial score (nSPS) is 17.9. The molecule has 1 rings (SSSR count). The lowest BCUT2D eigenvalue weighted by Gasteiger charge is -2.28. The molecule has 0 radical (unpaired) electrons. The molecule has 5 heteroatoms. The Balaban J connectivity index is 1.95. The molecule has 1 saturated heterocycles. The number of rotatable bonds is 8. The molecule has 0 aromatic heterocycles. The number of carbonyl (C=O) groups is 1. The maximum absolute atomic E-state index is 11.5. The first kappa shape index (κ1) is 15.4. The topological polar surface area (TPSA) is 53.6 Å². The van der Waals surface area contributed by atoms with Gasteiger partial charge in [0.05, 0.1) is 6.54 Å². The third-order valence-corrected chi connectivity index (χ3v) is 3.40.